The number of benzene rings is 3. The molecular weight excluding hydrogens is 699 g/mol. The third-order valence-electron chi connectivity index (χ3n) is 10.4. The summed E-state index contributed by atoms with van der Waals surface area (Å²) in [5, 5.41) is 2.34. The van der Waals surface area contributed by atoms with Gasteiger partial charge in [-0.15, -0.1) is 0 Å². The van der Waals surface area contributed by atoms with Crippen molar-refractivity contribution in [1.29, 1.82) is 0 Å². The van der Waals surface area contributed by atoms with E-state index in [-0.39, 0.29) is 37.9 Å². The van der Waals surface area contributed by atoms with E-state index in [9.17, 15) is 9.59 Å². The average molecular weight is 748 g/mol. The highest BCUT2D eigenvalue weighted by atomic mass is 16.6. The van der Waals surface area contributed by atoms with Gasteiger partial charge < -0.3 is 33.6 Å². The summed E-state index contributed by atoms with van der Waals surface area (Å²) in [6.07, 6.45) is 0.293. The summed E-state index contributed by atoms with van der Waals surface area (Å²) in [7, 11) is 1.64. The van der Waals surface area contributed by atoms with E-state index in [2.05, 4.69) is 51.0 Å². The highest BCUT2D eigenvalue weighted by Crippen LogP contribution is 2.35. The second kappa shape index (κ2) is 16.4. The lowest BCUT2D eigenvalue weighted by Gasteiger charge is -2.40. The molecule has 4 aromatic rings. The number of methoxy groups -OCH3 is 1. The Hall–Kier alpha value is -5.61. The maximum Gasteiger partial charge on any atom is 0.410 e. The van der Waals surface area contributed by atoms with Crippen molar-refractivity contribution in [3.05, 3.63) is 101 Å². The van der Waals surface area contributed by atoms with Gasteiger partial charge in [0.05, 0.1) is 30.9 Å². The number of rotatable bonds is 9. The van der Waals surface area contributed by atoms with E-state index < -0.39 is 23.8 Å². The predicted molar refractivity (Wildman–Crippen MR) is 209 cm³/mol. The molecule has 0 N–H and O–H groups in total. The molecule has 2 amide bonds. The lowest BCUT2D eigenvalue weighted by Crippen LogP contribution is -2.57. The van der Waals surface area contributed by atoms with Crippen molar-refractivity contribution in [2.45, 2.75) is 70.6 Å². The predicted octanol–water partition coefficient (Wildman–Crippen LogP) is 6.34. The van der Waals surface area contributed by atoms with Crippen LogP contribution in [0, 0.1) is 6.57 Å². The molecule has 3 atom stereocenters. The molecule has 0 saturated carbocycles. The second-order valence-electron chi connectivity index (χ2n) is 15.3. The van der Waals surface area contributed by atoms with Crippen LogP contribution in [0.4, 0.5) is 21.1 Å². The zero-order valence-electron chi connectivity index (χ0n) is 32.0. The van der Waals surface area contributed by atoms with Gasteiger partial charge >= 0.3 is 18.2 Å². The standard InChI is InChI=1S/C42H49N7O6/c1-42(2,3)55-41(51)49-25-33(52-5)22-31(49)28-53-39-44-36-26-46(37-17-11-15-30-14-9-10-16-34(30)37)19-18-35(36)38(45-39)47-20-21-48(32(24-47)23-43-4)40(50)54-27-29-12-7-6-8-13-29/h6-17,31-33H,18-28H2,1-3,5H3/t31-,32?,33+/m0/s1. The Morgan fingerprint density at radius 1 is 0.873 bits per heavy atom. The number of piperazine rings is 1. The van der Waals surface area contributed by atoms with Crippen LogP contribution in [0.3, 0.4) is 0 Å². The number of hydrogen-bond acceptors (Lipinski definition) is 10. The molecule has 3 aliphatic heterocycles. The molecule has 1 aromatic heterocycles. The third kappa shape index (κ3) is 8.70. The van der Waals surface area contributed by atoms with Crippen molar-refractivity contribution in [2.75, 3.05) is 62.8 Å². The Morgan fingerprint density at radius 3 is 2.44 bits per heavy atom. The van der Waals surface area contributed by atoms with E-state index in [0.29, 0.717) is 45.6 Å². The van der Waals surface area contributed by atoms with Crippen LogP contribution in [0.2, 0.25) is 0 Å². The molecule has 2 fully saturated rings. The Morgan fingerprint density at radius 2 is 1.65 bits per heavy atom. The molecule has 1 unspecified atom stereocenters. The molecule has 13 heteroatoms. The van der Waals surface area contributed by atoms with Gasteiger partial charge in [-0.25, -0.2) is 16.2 Å². The zero-order chi connectivity index (χ0) is 38.5. The number of aromatic nitrogens is 2. The van der Waals surface area contributed by atoms with E-state index in [1.165, 1.54) is 10.8 Å². The first-order chi connectivity index (χ1) is 26.6. The minimum atomic E-state index is -0.645. The van der Waals surface area contributed by atoms with Crippen molar-refractivity contribution in [3.8, 4) is 6.01 Å². The first kappa shape index (κ1) is 37.7. The lowest BCUT2D eigenvalue weighted by molar-refractivity contribution is 0.0160. The second-order valence-corrected chi connectivity index (χ2v) is 15.3. The zero-order valence-corrected chi connectivity index (χ0v) is 32.0. The summed E-state index contributed by atoms with van der Waals surface area (Å²) in [5.41, 5.74) is 3.28. The molecule has 7 rings (SSSR count). The number of ether oxygens (including phenoxy) is 4. The largest absolute Gasteiger partial charge is 0.461 e. The van der Waals surface area contributed by atoms with Crippen LogP contribution < -0.4 is 14.5 Å². The summed E-state index contributed by atoms with van der Waals surface area (Å²) in [6, 6.07) is 23.8. The van der Waals surface area contributed by atoms with Crippen LogP contribution in [0.15, 0.2) is 72.8 Å². The first-order valence-corrected chi connectivity index (χ1v) is 18.9. The lowest BCUT2D eigenvalue weighted by atomic mass is 10.0. The molecule has 3 aromatic carbocycles. The van der Waals surface area contributed by atoms with E-state index in [1.54, 1.807) is 16.9 Å². The van der Waals surface area contributed by atoms with Crippen LogP contribution in [-0.2, 0) is 33.8 Å². The van der Waals surface area contributed by atoms with Crippen LogP contribution >= 0.6 is 0 Å². The summed E-state index contributed by atoms with van der Waals surface area (Å²) >= 11 is 0. The Labute approximate surface area is 322 Å². The molecule has 0 bridgehead atoms. The van der Waals surface area contributed by atoms with Gasteiger partial charge in [-0.3, -0.25) is 9.80 Å². The monoisotopic (exact) mass is 747 g/mol. The van der Waals surface area contributed by atoms with Gasteiger partial charge in [-0.1, -0.05) is 66.7 Å². The van der Waals surface area contributed by atoms with Crippen molar-refractivity contribution in [2.24, 2.45) is 0 Å². The third-order valence-corrected chi connectivity index (χ3v) is 10.4. The highest BCUT2D eigenvalue weighted by Gasteiger charge is 2.39. The Balaban J connectivity index is 1.16. The van der Waals surface area contributed by atoms with E-state index >= 15 is 0 Å². The molecule has 0 aliphatic carbocycles. The van der Waals surface area contributed by atoms with Crippen LogP contribution in [0.1, 0.15) is 44.0 Å². The summed E-state index contributed by atoms with van der Waals surface area (Å²) in [6.45, 7) is 16.7. The molecule has 0 spiro atoms. The molecular formula is C42H49N7O6. The molecule has 3 aliphatic rings. The minimum absolute atomic E-state index is 0.130. The number of fused-ring (bicyclic) bond motifs is 2. The number of nitrogens with zero attached hydrogens (tertiary/aromatic N) is 7. The maximum atomic E-state index is 13.3. The summed E-state index contributed by atoms with van der Waals surface area (Å²) < 4.78 is 23.5. The molecule has 2 saturated heterocycles. The van der Waals surface area contributed by atoms with Crippen molar-refractivity contribution >= 4 is 34.5 Å². The molecule has 4 heterocycles. The molecule has 13 nitrogen and oxygen atoms in total. The Kier molecular flexibility index (Phi) is 11.2. The van der Waals surface area contributed by atoms with E-state index in [0.717, 1.165) is 34.9 Å². The molecule has 288 valence electrons. The van der Waals surface area contributed by atoms with Gasteiger partial charge in [-0.2, -0.15) is 9.97 Å². The van der Waals surface area contributed by atoms with Gasteiger partial charge in [0.2, 0.25) is 6.54 Å². The number of likely N-dealkylation sites (tertiary alicyclic amines) is 1. The quantitative estimate of drug-likeness (QED) is 0.180. The number of anilines is 2. The highest BCUT2D eigenvalue weighted by molar-refractivity contribution is 5.94. The SMILES string of the molecule is [C-]#[N+]CC1CN(c2nc(OC[C@@H]3C[C@@H](OC)CN3C(=O)OC(C)(C)C)nc3c2CCN(c2cccc4ccccc24)C3)CCN1C(=O)OCc1ccccc1. The maximum absolute atomic E-state index is 13.3. The van der Waals surface area contributed by atoms with Gasteiger partial charge in [0.15, 0.2) is 0 Å². The smallest absolute Gasteiger partial charge is 0.410 e. The van der Waals surface area contributed by atoms with Crippen molar-refractivity contribution < 1.29 is 28.5 Å². The summed E-state index contributed by atoms with van der Waals surface area (Å²) in [4.78, 5) is 48.1. The van der Waals surface area contributed by atoms with Gasteiger partial charge in [0, 0.05) is 49.9 Å². The summed E-state index contributed by atoms with van der Waals surface area (Å²) in [5.74, 6) is 0.745. The molecule has 0 radical (unpaired) electrons. The van der Waals surface area contributed by atoms with Crippen LogP contribution in [0.5, 0.6) is 6.01 Å². The number of carbonyl (C=O) groups excluding carboxylic acids is 2. The van der Waals surface area contributed by atoms with Crippen LogP contribution in [-0.4, -0.2) is 109 Å². The fourth-order valence-corrected chi connectivity index (χ4v) is 7.67. The molecule has 55 heavy (non-hydrogen) atoms. The van der Waals surface area contributed by atoms with Gasteiger partial charge in [0.25, 0.3) is 0 Å². The van der Waals surface area contributed by atoms with E-state index in [4.69, 9.17) is 35.5 Å². The van der Waals surface area contributed by atoms with Crippen LogP contribution in [0.25, 0.3) is 15.6 Å². The fourth-order valence-electron chi connectivity index (χ4n) is 7.67. The minimum Gasteiger partial charge on any atom is -0.461 e. The van der Waals surface area contributed by atoms with Crippen molar-refractivity contribution in [3.63, 3.8) is 0 Å². The average Bonchev–Trinajstić information content (AvgIpc) is 3.62. The van der Waals surface area contributed by atoms with Crippen molar-refractivity contribution in [1.82, 2.24) is 19.8 Å². The number of carbonyl (C=O) groups is 2. The number of amides is 2. The Bertz CT molecular complexity index is 2030. The normalized spacial score (nSPS) is 19.9. The van der Waals surface area contributed by atoms with Gasteiger partial charge in [0.1, 0.15) is 30.7 Å². The number of hydrogen-bond donors (Lipinski definition) is 0. The first-order valence-electron chi connectivity index (χ1n) is 18.9. The van der Waals surface area contributed by atoms with Gasteiger partial charge in [-0.05, 0) is 50.6 Å². The van der Waals surface area contributed by atoms with E-state index in [1.807, 2.05) is 57.2 Å². The fraction of sp³-hybridized carbons (Fsp3) is 0.452. The topological polar surface area (TPSA) is 114 Å².